The lowest BCUT2D eigenvalue weighted by atomic mass is 10.1. The summed E-state index contributed by atoms with van der Waals surface area (Å²) in [7, 11) is 0. The molecule has 1 fully saturated rings. The van der Waals surface area contributed by atoms with Crippen LogP contribution in [0, 0.1) is 10.1 Å². The zero-order chi connectivity index (χ0) is 21.1. The van der Waals surface area contributed by atoms with Crippen LogP contribution in [-0.2, 0) is 0 Å². The van der Waals surface area contributed by atoms with Crippen LogP contribution in [0.3, 0.4) is 0 Å². The lowest BCUT2D eigenvalue weighted by molar-refractivity contribution is -0.384. The number of hydrogen-bond donors (Lipinski definition) is 1. The van der Waals surface area contributed by atoms with Gasteiger partial charge in [-0.05, 0) is 18.2 Å². The number of amides is 1. The van der Waals surface area contributed by atoms with E-state index in [-0.39, 0.29) is 11.6 Å². The third-order valence-corrected chi connectivity index (χ3v) is 5.58. The standard InChI is InChI=1S/C21H21ClN4O4/c22-18-3-1-2-4-20(18)30-12-11-24-7-9-25(10-8-24)21(27)17-14-23-19-6-5-15(26(28)29)13-16(17)19/h1-6,13-14,23H,7-12H2. The smallest absolute Gasteiger partial charge is 0.270 e. The van der Waals surface area contributed by atoms with E-state index in [1.165, 1.54) is 12.1 Å². The number of nitrogens with one attached hydrogen (secondary N) is 1. The minimum Gasteiger partial charge on any atom is -0.491 e. The fourth-order valence-electron chi connectivity index (χ4n) is 3.59. The molecule has 1 aliphatic heterocycles. The average molecular weight is 429 g/mol. The van der Waals surface area contributed by atoms with Gasteiger partial charge in [-0.15, -0.1) is 0 Å². The Balaban J connectivity index is 1.33. The van der Waals surface area contributed by atoms with Gasteiger partial charge in [-0.1, -0.05) is 23.7 Å². The number of nitro benzene ring substituents is 1. The van der Waals surface area contributed by atoms with E-state index in [1.807, 2.05) is 18.2 Å². The second kappa shape index (κ2) is 8.73. The fraction of sp³-hybridized carbons (Fsp3) is 0.286. The number of nitrogens with zero attached hydrogens (tertiary/aromatic N) is 3. The van der Waals surface area contributed by atoms with Gasteiger partial charge in [-0.25, -0.2) is 0 Å². The largest absolute Gasteiger partial charge is 0.491 e. The highest BCUT2D eigenvalue weighted by atomic mass is 35.5. The van der Waals surface area contributed by atoms with Crippen molar-refractivity contribution in [2.24, 2.45) is 0 Å². The number of hydrogen-bond acceptors (Lipinski definition) is 5. The molecule has 0 radical (unpaired) electrons. The summed E-state index contributed by atoms with van der Waals surface area (Å²) in [5.74, 6) is 0.551. The molecular formula is C21H21ClN4O4. The molecule has 156 valence electrons. The zero-order valence-electron chi connectivity index (χ0n) is 16.2. The molecule has 1 N–H and O–H groups in total. The third-order valence-electron chi connectivity index (χ3n) is 5.27. The quantitative estimate of drug-likeness (QED) is 0.478. The number of nitro groups is 1. The van der Waals surface area contributed by atoms with E-state index in [9.17, 15) is 14.9 Å². The fourth-order valence-corrected chi connectivity index (χ4v) is 3.78. The topological polar surface area (TPSA) is 91.7 Å². The van der Waals surface area contributed by atoms with E-state index < -0.39 is 4.92 Å². The predicted octanol–water partition coefficient (Wildman–Crippen LogP) is 3.57. The number of para-hydroxylation sites is 1. The molecule has 0 spiro atoms. The first kappa shape index (κ1) is 20.2. The van der Waals surface area contributed by atoms with Gasteiger partial charge in [0.25, 0.3) is 11.6 Å². The Labute approximate surface area is 178 Å². The van der Waals surface area contributed by atoms with Crippen molar-refractivity contribution in [3.8, 4) is 5.75 Å². The Morgan fingerprint density at radius 1 is 1.17 bits per heavy atom. The molecule has 9 heteroatoms. The van der Waals surface area contributed by atoms with Gasteiger partial charge in [0.2, 0.25) is 0 Å². The van der Waals surface area contributed by atoms with Gasteiger partial charge in [0.15, 0.2) is 0 Å². The molecule has 1 amide bonds. The van der Waals surface area contributed by atoms with Crippen LogP contribution in [0.5, 0.6) is 5.75 Å². The van der Waals surface area contributed by atoms with Gasteiger partial charge in [0.1, 0.15) is 12.4 Å². The summed E-state index contributed by atoms with van der Waals surface area (Å²) in [6.45, 7) is 3.91. The molecule has 8 nitrogen and oxygen atoms in total. The maximum Gasteiger partial charge on any atom is 0.270 e. The van der Waals surface area contributed by atoms with Gasteiger partial charge in [0.05, 0.1) is 15.5 Å². The molecule has 0 saturated carbocycles. The van der Waals surface area contributed by atoms with Crippen molar-refractivity contribution < 1.29 is 14.5 Å². The maximum absolute atomic E-state index is 13.0. The summed E-state index contributed by atoms with van der Waals surface area (Å²) < 4.78 is 5.74. The number of H-pyrrole nitrogens is 1. The number of aromatic nitrogens is 1. The Kier molecular flexibility index (Phi) is 5.87. The predicted molar refractivity (Wildman–Crippen MR) is 114 cm³/mol. The molecule has 1 aromatic heterocycles. The van der Waals surface area contributed by atoms with Gasteiger partial charge in [-0.3, -0.25) is 19.8 Å². The summed E-state index contributed by atoms with van der Waals surface area (Å²) in [6.07, 6.45) is 1.63. The third kappa shape index (κ3) is 4.24. The molecule has 0 bridgehead atoms. The molecule has 2 heterocycles. The maximum atomic E-state index is 13.0. The first-order valence-corrected chi connectivity index (χ1v) is 10.1. The zero-order valence-corrected chi connectivity index (χ0v) is 17.0. The van der Waals surface area contributed by atoms with E-state index in [4.69, 9.17) is 16.3 Å². The SMILES string of the molecule is O=C(c1c[nH]c2ccc([N+](=O)[O-])cc12)N1CCN(CCOc2ccccc2Cl)CC1. The van der Waals surface area contributed by atoms with E-state index in [0.29, 0.717) is 46.9 Å². The molecule has 1 saturated heterocycles. The number of carbonyl (C=O) groups excluding carboxylic acids is 1. The molecule has 4 rings (SSSR count). The molecule has 1 aliphatic rings. The molecule has 0 atom stereocenters. The van der Waals surface area contributed by atoms with Crippen molar-refractivity contribution >= 4 is 34.1 Å². The number of fused-ring (bicyclic) bond motifs is 1. The van der Waals surface area contributed by atoms with Crippen LogP contribution in [0.1, 0.15) is 10.4 Å². The monoisotopic (exact) mass is 428 g/mol. The summed E-state index contributed by atoms with van der Waals surface area (Å²) >= 11 is 6.09. The molecule has 0 aliphatic carbocycles. The van der Waals surface area contributed by atoms with E-state index in [0.717, 1.165) is 19.6 Å². The Bertz CT molecular complexity index is 1080. The second-order valence-electron chi connectivity index (χ2n) is 7.10. The minimum atomic E-state index is -0.454. The van der Waals surface area contributed by atoms with Gasteiger partial charge < -0.3 is 14.6 Å². The van der Waals surface area contributed by atoms with Crippen molar-refractivity contribution in [3.63, 3.8) is 0 Å². The number of benzene rings is 2. The highest BCUT2D eigenvalue weighted by Gasteiger charge is 2.24. The summed E-state index contributed by atoms with van der Waals surface area (Å²) in [6, 6.07) is 11.9. The summed E-state index contributed by atoms with van der Waals surface area (Å²) in [4.78, 5) is 30.6. The van der Waals surface area contributed by atoms with Crippen LogP contribution in [-0.4, -0.2) is 64.9 Å². The van der Waals surface area contributed by atoms with Crippen LogP contribution in [0.4, 0.5) is 5.69 Å². The highest BCUT2D eigenvalue weighted by molar-refractivity contribution is 6.32. The number of halogens is 1. The van der Waals surface area contributed by atoms with Crippen molar-refractivity contribution in [1.29, 1.82) is 0 Å². The number of rotatable bonds is 6. The Morgan fingerprint density at radius 3 is 2.67 bits per heavy atom. The van der Waals surface area contributed by atoms with Crippen molar-refractivity contribution in [1.82, 2.24) is 14.8 Å². The normalized spacial score (nSPS) is 14.8. The van der Waals surface area contributed by atoms with Gasteiger partial charge >= 0.3 is 0 Å². The lowest BCUT2D eigenvalue weighted by Crippen LogP contribution is -2.49. The molecule has 30 heavy (non-hydrogen) atoms. The average Bonchev–Trinajstić information content (AvgIpc) is 3.18. The van der Waals surface area contributed by atoms with Gasteiger partial charge in [-0.2, -0.15) is 0 Å². The summed E-state index contributed by atoms with van der Waals surface area (Å²) in [5, 5.41) is 12.2. The van der Waals surface area contributed by atoms with Crippen molar-refractivity contribution in [3.05, 3.63) is 69.4 Å². The first-order valence-electron chi connectivity index (χ1n) is 9.67. The van der Waals surface area contributed by atoms with Crippen LogP contribution < -0.4 is 4.74 Å². The van der Waals surface area contributed by atoms with E-state index >= 15 is 0 Å². The van der Waals surface area contributed by atoms with Crippen LogP contribution in [0.2, 0.25) is 5.02 Å². The van der Waals surface area contributed by atoms with E-state index in [1.54, 1.807) is 23.2 Å². The highest BCUT2D eigenvalue weighted by Crippen LogP contribution is 2.25. The van der Waals surface area contributed by atoms with Crippen LogP contribution in [0.15, 0.2) is 48.7 Å². The van der Waals surface area contributed by atoms with Crippen LogP contribution >= 0.6 is 11.6 Å². The summed E-state index contributed by atoms with van der Waals surface area (Å²) in [5.41, 5.74) is 1.14. The van der Waals surface area contributed by atoms with E-state index in [2.05, 4.69) is 9.88 Å². The molecule has 2 aromatic carbocycles. The number of carbonyl (C=O) groups is 1. The van der Waals surface area contributed by atoms with Gasteiger partial charge in [0, 0.05) is 62.0 Å². The number of aromatic amines is 1. The molecular weight excluding hydrogens is 408 g/mol. The van der Waals surface area contributed by atoms with Crippen molar-refractivity contribution in [2.45, 2.75) is 0 Å². The van der Waals surface area contributed by atoms with Crippen LogP contribution in [0.25, 0.3) is 10.9 Å². The molecule has 0 unspecified atom stereocenters. The Morgan fingerprint density at radius 2 is 1.93 bits per heavy atom. The second-order valence-corrected chi connectivity index (χ2v) is 7.51. The lowest BCUT2D eigenvalue weighted by Gasteiger charge is -2.34. The number of non-ortho nitro benzene ring substituents is 1. The number of piperazine rings is 1. The van der Waals surface area contributed by atoms with Crippen molar-refractivity contribution in [2.75, 3.05) is 39.3 Å². The minimum absolute atomic E-state index is 0.0283. The molecule has 3 aromatic rings. The first-order chi connectivity index (χ1) is 14.5. The number of ether oxygens (including phenoxy) is 1. The Hall–Kier alpha value is -3.10.